The van der Waals surface area contributed by atoms with Gasteiger partial charge in [0.1, 0.15) is 11.0 Å². The summed E-state index contributed by atoms with van der Waals surface area (Å²) < 4.78 is 5.64. The van der Waals surface area contributed by atoms with E-state index in [-0.39, 0.29) is 47.8 Å². The molecule has 0 aliphatic carbocycles. The Morgan fingerprint density at radius 2 is 1.93 bits per heavy atom. The molecule has 3 N–H and O–H groups in total. The number of likely N-dealkylation sites (tertiary alicyclic amines) is 1. The van der Waals surface area contributed by atoms with Gasteiger partial charge in [-0.2, -0.15) is 0 Å². The second-order valence-electron chi connectivity index (χ2n) is 11.0. The molecule has 0 aromatic carbocycles. The topological polar surface area (TPSA) is 141 Å². The van der Waals surface area contributed by atoms with Gasteiger partial charge in [-0.3, -0.25) is 14.5 Å². The van der Waals surface area contributed by atoms with Crippen LogP contribution in [0, 0.1) is 11.8 Å². The number of nitrogens with zero attached hydrogens (tertiary/aromatic N) is 3. The standard InChI is InChI=1S/C28H47N5O6S/c1-8-13-33(26(35)23(18(5)9-2)31-24(34)20-12-10-11-14-32(20)7)21(17(3)4)15-22(39-28(38)29-6)25-30-19(16-40-25)27(36)37/h16-18,20-23H,8-15H2,1-7H3,(H,29,38)(H,31,34)(H,36,37)/t18-,20+,21+,22+,23-/m0/s1. The van der Waals surface area contributed by atoms with Crippen LogP contribution < -0.4 is 10.6 Å². The number of alkyl carbamates (subject to hydrolysis) is 1. The van der Waals surface area contributed by atoms with Gasteiger partial charge in [0.2, 0.25) is 11.8 Å². The molecule has 0 unspecified atom stereocenters. The van der Waals surface area contributed by atoms with Crippen LogP contribution >= 0.6 is 11.3 Å². The molecule has 1 aliphatic rings. The largest absolute Gasteiger partial charge is 0.476 e. The van der Waals surface area contributed by atoms with Crippen LogP contribution in [-0.4, -0.2) is 89.1 Å². The van der Waals surface area contributed by atoms with Crippen molar-refractivity contribution in [3.63, 3.8) is 0 Å². The van der Waals surface area contributed by atoms with E-state index in [2.05, 4.69) is 20.5 Å². The number of carboxylic acids is 1. The summed E-state index contributed by atoms with van der Waals surface area (Å²) in [5.74, 6) is -1.57. The number of hydrogen-bond donors (Lipinski definition) is 3. The Balaban J connectivity index is 2.40. The third-order valence-electron chi connectivity index (χ3n) is 7.69. The number of aromatic nitrogens is 1. The minimum absolute atomic E-state index is 0.0250. The molecular formula is C28H47N5O6S. The summed E-state index contributed by atoms with van der Waals surface area (Å²) in [5, 5.41) is 16.7. The molecule has 1 aliphatic heterocycles. The molecule has 2 heterocycles. The number of carbonyl (C=O) groups excluding carboxylic acids is 3. The quantitative estimate of drug-likeness (QED) is 0.300. The van der Waals surface area contributed by atoms with Crippen LogP contribution in [0.1, 0.15) is 94.7 Å². The number of thiazole rings is 1. The van der Waals surface area contributed by atoms with Gasteiger partial charge in [-0.05, 0) is 44.7 Å². The SMILES string of the molecule is CCCN(C(=O)[C@@H](NC(=O)[C@H]1CCCCN1C)[C@@H](C)CC)[C@H](C[C@@H](OC(=O)NC)c1nc(C(=O)O)cs1)C(C)C. The van der Waals surface area contributed by atoms with E-state index in [0.717, 1.165) is 37.1 Å². The second kappa shape index (κ2) is 15.9. The molecule has 1 saturated heterocycles. The fourth-order valence-electron chi connectivity index (χ4n) is 5.10. The number of aromatic carboxylic acids is 1. The summed E-state index contributed by atoms with van der Waals surface area (Å²) in [5.41, 5.74) is -0.125. The molecule has 0 saturated carbocycles. The first-order valence-electron chi connectivity index (χ1n) is 14.3. The lowest BCUT2D eigenvalue weighted by Crippen LogP contribution is -2.58. The zero-order valence-corrected chi connectivity index (χ0v) is 25.8. The molecule has 226 valence electrons. The lowest BCUT2D eigenvalue weighted by molar-refractivity contribution is -0.142. The maximum absolute atomic E-state index is 14.3. The molecule has 1 fully saturated rings. The Morgan fingerprint density at radius 3 is 2.45 bits per heavy atom. The zero-order chi connectivity index (χ0) is 30.0. The Bertz CT molecular complexity index is 1000. The van der Waals surface area contributed by atoms with E-state index in [4.69, 9.17) is 4.74 Å². The molecule has 2 rings (SSSR count). The fourth-order valence-corrected chi connectivity index (χ4v) is 5.93. The molecule has 1 aromatic rings. The van der Waals surface area contributed by atoms with Gasteiger partial charge in [-0.1, -0.05) is 47.5 Å². The maximum atomic E-state index is 14.3. The Labute approximate surface area is 242 Å². The average Bonchev–Trinajstić information content (AvgIpc) is 3.42. The smallest absolute Gasteiger partial charge is 0.407 e. The van der Waals surface area contributed by atoms with Crippen LogP contribution in [0.25, 0.3) is 0 Å². The van der Waals surface area contributed by atoms with Gasteiger partial charge >= 0.3 is 12.1 Å². The third kappa shape index (κ3) is 8.89. The van der Waals surface area contributed by atoms with E-state index < -0.39 is 24.2 Å². The van der Waals surface area contributed by atoms with Crippen molar-refractivity contribution in [3.8, 4) is 0 Å². The number of rotatable bonds is 14. The lowest BCUT2D eigenvalue weighted by atomic mass is 9.92. The van der Waals surface area contributed by atoms with Gasteiger partial charge in [0.05, 0.1) is 6.04 Å². The molecule has 11 nitrogen and oxygen atoms in total. The van der Waals surface area contributed by atoms with E-state index in [1.54, 1.807) is 4.90 Å². The monoisotopic (exact) mass is 581 g/mol. The van der Waals surface area contributed by atoms with Crippen LogP contribution in [0.2, 0.25) is 0 Å². The van der Waals surface area contributed by atoms with Gasteiger partial charge in [-0.25, -0.2) is 14.6 Å². The highest BCUT2D eigenvalue weighted by molar-refractivity contribution is 7.09. The molecule has 0 radical (unpaired) electrons. The third-order valence-corrected chi connectivity index (χ3v) is 8.63. The van der Waals surface area contributed by atoms with E-state index in [1.807, 2.05) is 41.7 Å². The van der Waals surface area contributed by atoms with Crippen LogP contribution in [-0.2, 0) is 14.3 Å². The summed E-state index contributed by atoms with van der Waals surface area (Å²) in [4.78, 5) is 59.4. The fraction of sp³-hybridized carbons (Fsp3) is 0.750. The van der Waals surface area contributed by atoms with Gasteiger partial charge in [0.15, 0.2) is 11.8 Å². The van der Waals surface area contributed by atoms with Gasteiger partial charge in [0.25, 0.3) is 0 Å². The molecule has 5 atom stereocenters. The minimum atomic E-state index is -1.17. The molecule has 12 heteroatoms. The number of carbonyl (C=O) groups is 4. The van der Waals surface area contributed by atoms with Crippen LogP contribution in [0.15, 0.2) is 5.38 Å². The Hall–Kier alpha value is -2.73. The molecule has 0 bridgehead atoms. The number of amides is 3. The average molecular weight is 582 g/mol. The van der Waals surface area contributed by atoms with Crippen molar-refractivity contribution in [1.29, 1.82) is 0 Å². The summed E-state index contributed by atoms with van der Waals surface area (Å²) in [7, 11) is 3.39. The minimum Gasteiger partial charge on any atom is -0.476 e. The van der Waals surface area contributed by atoms with Crippen LogP contribution in [0.3, 0.4) is 0 Å². The van der Waals surface area contributed by atoms with Crippen molar-refractivity contribution in [2.45, 2.75) is 97.4 Å². The second-order valence-corrected chi connectivity index (χ2v) is 11.9. The van der Waals surface area contributed by atoms with Crippen molar-refractivity contribution in [2.75, 3.05) is 27.2 Å². The number of likely N-dealkylation sites (N-methyl/N-ethyl adjacent to an activating group) is 1. The van der Waals surface area contributed by atoms with E-state index in [9.17, 15) is 24.3 Å². The van der Waals surface area contributed by atoms with Crippen LogP contribution in [0.5, 0.6) is 0 Å². The first kappa shape index (κ1) is 33.5. The number of piperidine rings is 1. The highest BCUT2D eigenvalue weighted by Gasteiger charge is 2.38. The van der Waals surface area contributed by atoms with E-state index in [1.165, 1.54) is 12.4 Å². The summed E-state index contributed by atoms with van der Waals surface area (Å²) in [6, 6.07) is -1.31. The van der Waals surface area contributed by atoms with Gasteiger partial charge in [0, 0.05) is 31.4 Å². The number of nitrogens with one attached hydrogen (secondary N) is 2. The predicted octanol–water partition coefficient (Wildman–Crippen LogP) is 3.91. The number of carboxylic acid groups (broad SMARTS) is 1. The van der Waals surface area contributed by atoms with E-state index in [0.29, 0.717) is 24.4 Å². The van der Waals surface area contributed by atoms with Crippen molar-refractivity contribution in [2.24, 2.45) is 11.8 Å². The van der Waals surface area contributed by atoms with Crippen molar-refractivity contribution >= 4 is 35.2 Å². The number of hydrogen-bond acceptors (Lipinski definition) is 8. The molecular weight excluding hydrogens is 534 g/mol. The van der Waals surface area contributed by atoms with Crippen molar-refractivity contribution in [3.05, 3.63) is 16.1 Å². The normalized spacial score (nSPS) is 18.9. The van der Waals surface area contributed by atoms with E-state index >= 15 is 0 Å². The number of ether oxygens (including phenoxy) is 1. The predicted molar refractivity (Wildman–Crippen MR) is 154 cm³/mol. The summed E-state index contributed by atoms with van der Waals surface area (Å²) in [6.45, 7) is 11.3. The van der Waals surface area contributed by atoms with Crippen molar-refractivity contribution in [1.82, 2.24) is 25.4 Å². The Kier molecular flexibility index (Phi) is 13.3. The summed E-state index contributed by atoms with van der Waals surface area (Å²) >= 11 is 1.10. The molecule has 0 spiro atoms. The zero-order valence-electron chi connectivity index (χ0n) is 24.9. The van der Waals surface area contributed by atoms with Gasteiger partial charge < -0.3 is 25.4 Å². The van der Waals surface area contributed by atoms with Crippen LogP contribution in [0.4, 0.5) is 4.79 Å². The Morgan fingerprint density at radius 1 is 1.23 bits per heavy atom. The highest BCUT2D eigenvalue weighted by Crippen LogP contribution is 2.31. The van der Waals surface area contributed by atoms with Gasteiger partial charge in [-0.15, -0.1) is 11.3 Å². The molecule has 3 amide bonds. The first-order chi connectivity index (χ1) is 18.9. The summed E-state index contributed by atoms with van der Waals surface area (Å²) in [6.07, 6.45) is 2.92. The lowest BCUT2D eigenvalue weighted by Gasteiger charge is -2.40. The highest BCUT2D eigenvalue weighted by atomic mass is 32.1. The maximum Gasteiger partial charge on any atom is 0.407 e. The van der Waals surface area contributed by atoms with Crippen molar-refractivity contribution < 1.29 is 29.0 Å². The first-order valence-corrected chi connectivity index (χ1v) is 15.2. The molecule has 40 heavy (non-hydrogen) atoms. The molecule has 1 aromatic heterocycles.